The Hall–Kier alpha value is -2.81. The third kappa shape index (κ3) is 3.08. The van der Waals surface area contributed by atoms with E-state index < -0.39 is 7.26 Å². The van der Waals surface area contributed by atoms with Crippen molar-refractivity contribution in [1.29, 1.82) is 0 Å². The Bertz CT molecular complexity index is 1020. The van der Waals surface area contributed by atoms with Crippen molar-refractivity contribution in [1.82, 2.24) is 4.98 Å². The van der Waals surface area contributed by atoms with Crippen molar-refractivity contribution in [3.8, 4) is 0 Å². The molecular weight excluding hydrogens is 407 g/mol. The van der Waals surface area contributed by atoms with Gasteiger partial charge in [0, 0.05) is 24.5 Å². The highest BCUT2D eigenvalue weighted by Crippen LogP contribution is 2.62. The largest absolute Gasteiger partial charge is 0.284 e. The molecule has 0 saturated carbocycles. The molecule has 0 unspecified atom stereocenters. The zero-order valence-corrected chi connectivity index (χ0v) is 18.2. The first kappa shape index (κ1) is 19.2. The molecule has 0 aliphatic carbocycles. The number of benzene rings is 3. The van der Waals surface area contributed by atoms with Crippen LogP contribution < -0.4 is 20.8 Å². The molecular formula is C25H22N2OPS+. The zero-order chi connectivity index (χ0) is 20.4. The number of carbonyl (C=O) groups is 1. The van der Waals surface area contributed by atoms with Gasteiger partial charge in [0.1, 0.15) is 23.2 Å². The van der Waals surface area contributed by atoms with Crippen LogP contribution in [0.5, 0.6) is 0 Å². The van der Waals surface area contributed by atoms with Crippen molar-refractivity contribution in [2.75, 3.05) is 11.4 Å². The molecule has 3 nitrogen and oxygen atoms in total. The monoisotopic (exact) mass is 429 g/mol. The van der Waals surface area contributed by atoms with E-state index >= 15 is 0 Å². The predicted molar refractivity (Wildman–Crippen MR) is 128 cm³/mol. The first-order valence-corrected chi connectivity index (χ1v) is 12.8. The number of hydrogen-bond donors (Lipinski definition) is 0. The van der Waals surface area contributed by atoms with Gasteiger partial charge in [0.15, 0.2) is 10.8 Å². The van der Waals surface area contributed by atoms with Crippen molar-refractivity contribution >= 4 is 45.6 Å². The van der Waals surface area contributed by atoms with Crippen LogP contribution in [0.4, 0.5) is 5.13 Å². The smallest absolute Gasteiger partial charge is 0.270 e. The number of thiazole rings is 1. The zero-order valence-electron chi connectivity index (χ0n) is 16.5. The van der Waals surface area contributed by atoms with Crippen LogP contribution in [-0.4, -0.2) is 23.1 Å². The summed E-state index contributed by atoms with van der Waals surface area (Å²) in [7, 11) is -2.21. The number of nitrogens with zero attached hydrogens (tertiary/aromatic N) is 2. The second kappa shape index (κ2) is 8.14. The molecule has 0 N–H and O–H groups in total. The molecule has 4 aromatic rings. The van der Waals surface area contributed by atoms with Gasteiger partial charge in [0.2, 0.25) is 0 Å². The average molecular weight is 430 g/mol. The minimum Gasteiger partial charge on any atom is -0.284 e. The topological polar surface area (TPSA) is 33.2 Å². The van der Waals surface area contributed by atoms with Crippen LogP contribution in [0.15, 0.2) is 103 Å². The lowest BCUT2D eigenvalue weighted by Crippen LogP contribution is -2.42. The van der Waals surface area contributed by atoms with Gasteiger partial charge in [0.25, 0.3) is 5.91 Å². The summed E-state index contributed by atoms with van der Waals surface area (Å²) < 4.78 is 0. The Kier molecular flexibility index (Phi) is 5.20. The maximum Gasteiger partial charge on any atom is 0.270 e. The Morgan fingerprint density at radius 1 is 0.800 bits per heavy atom. The third-order valence-corrected chi connectivity index (χ3v) is 11.3. The van der Waals surface area contributed by atoms with Crippen LogP contribution in [0.1, 0.15) is 6.42 Å². The summed E-state index contributed by atoms with van der Waals surface area (Å²) in [6.45, 7) is 0.714. The summed E-state index contributed by atoms with van der Waals surface area (Å²) in [6, 6.07) is 31.9. The van der Waals surface area contributed by atoms with Gasteiger partial charge in [-0.25, -0.2) is 4.98 Å². The van der Waals surface area contributed by atoms with Crippen molar-refractivity contribution in [2.45, 2.75) is 12.1 Å². The first-order chi connectivity index (χ1) is 14.8. The minimum atomic E-state index is -2.21. The van der Waals surface area contributed by atoms with Crippen LogP contribution in [-0.2, 0) is 4.79 Å². The van der Waals surface area contributed by atoms with E-state index in [1.54, 1.807) is 6.20 Å². The van der Waals surface area contributed by atoms with Crippen molar-refractivity contribution in [2.24, 2.45) is 0 Å². The van der Waals surface area contributed by atoms with Crippen LogP contribution in [0.2, 0.25) is 0 Å². The molecule has 1 aliphatic heterocycles. The normalized spacial score (nSPS) is 16.7. The van der Waals surface area contributed by atoms with Gasteiger partial charge < -0.3 is 0 Å². The highest BCUT2D eigenvalue weighted by molar-refractivity contribution is 7.97. The van der Waals surface area contributed by atoms with Crippen LogP contribution in [0, 0.1) is 0 Å². The Morgan fingerprint density at radius 3 is 1.73 bits per heavy atom. The predicted octanol–water partition coefficient (Wildman–Crippen LogP) is 4.24. The fraction of sp³-hybridized carbons (Fsp3) is 0.120. The standard InChI is InChI=1S/C25H22N2OPS/c28-24-23(16-18-27(24)25-26-17-19-30-25)29(20-10-4-1-5-11-20,21-12-6-2-7-13-21)22-14-8-3-9-15-22/h1-15,17,19,23H,16,18H2/q+1/t23-/m1/s1. The van der Waals surface area contributed by atoms with E-state index in [2.05, 4.69) is 77.8 Å². The molecule has 0 spiro atoms. The molecule has 0 bridgehead atoms. The van der Waals surface area contributed by atoms with E-state index in [9.17, 15) is 4.79 Å². The molecule has 3 aromatic carbocycles. The summed E-state index contributed by atoms with van der Waals surface area (Å²) in [5.41, 5.74) is -0.103. The molecule has 5 heteroatoms. The molecule has 1 atom stereocenters. The second-order valence-corrected chi connectivity index (χ2v) is 11.8. The van der Waals surface area contributed by atoms with Gasteiger partial charge in [-0.2, -0.15) is 0 Å². The van der Waals surface area contributed by atoms with E-state index in [4.69, 9.17) is 0 Å². The number of carbonyl (C=O) groups excluding carboxylic acids is 1. The maximum absolute atomic E-state index is 13.9. The molecule has 1 aromatic heterocycles. The molecule has 148 valence electrons. The SMILES string of the molecule is O=C1[C@H]([P+](c2ccccc2)(c2ccccc2)c2ccccc2)CCN1c1nccs1. The van der Waals surface area contributed by atoms with E-state index in [-0.39, 0.29) is 11.6 Å². The van der Waals surface area contributed by atoms with Crippen LogP contribution in [0.25, 0.3) is 0 Å². The lowest BCUT2D eigenvalue weighted by atomic mass is 10.3. The van der Waals surface area contributed by atoms with Gasteiger partial charge in [-0.3, -0.25) is 9.69 Å². The number of hydrogen-bond acceptors (Lipinski definition) is 3. The Balaban J connectivity index is 1.76. The Labute approximate surface area is 181 Å². The quantitative estimate of drug-likeness (QED) is 0.445. The summed E-state index contributed by atoms with van der Waals surface area (Å²) >= 11 is 1.53. The summed E-state index contributed by atoms with van der Waals surface area (Å²) in [5, 5.41) is 6.49. The molecule has 2 heterocycles. The van der Waals surface area contributed by atoms with Gasteiger partial charge in [-0.05, 0) is 36.4 Å². The number of anilines is 1. The van der Waals surface area contributed by atoms with E-state index in [0.717, 1.165) is 11.6 Å². The molecule has 30 heavy (non-hydrogen) atoms. The van der Waals surface area contributed by atoms with Gasteiger partial charge in [0.05, 0.1) is 0 Å². The Morgan fingerprint density at radius 2 is 1.30 bits per heavy atom. The maximum atomic E-state index is 13.9. The van der Waals surface area contributed by atoms with Crippen LogP contribution in [0.3, 0.4) is 0 Å². The lowest BCUT2D eigenvalue weighted by Gasteiger charge is -2.31. The van der Waals surface area contributed by atoms with Crippen molar-refractivity contribution in [3.63, 3.8) is 0 Å². The number of aromatic nitrogens is 1. The van der Waals surface area contributed by atoms with Crippen molar-refractivity contribution in [3.05, 3.63) is 103 Å². The van der Waals surface area contributed by atoms with Gasteiger partial charge >= 0.3 is 0 Å². The summed E-state index contributed by atoms with van der Waals surface area (Å²) in [4.78, 5) is 20.2. The first-order valence-electron chi connectivity index (χ1n) is 10.1. The van der Waals surface area contributed by atoms with Crippen molar-refractivity contribution < 1.29 is 4.79 Å². The van der Waals surface area contributed by atoms with Crippen LogP contribution >= 0.6 is 18.6 Å². The van der Waals surface area contributed by atoms with Gasteiger partial charge in [-0.1, -0.05) is 54.6 Å². The molecule has 1 amide bonds. The second-order valence-electron chi connectivity index (χ2n) is 7.34. The molecule has 1 aliphatic rings. The van der Waals surface area contributed by atoms with Gasteiger partial charge in [-0.15, -0.1) is 11.3 Å². The summed E-state index contributed by atoms with van der Waals surface area (Å²) in [6.07, 6.45) is 2.60. The highest BCUT2D eigenvalue weighted by Gasteiger charge is 2.59. The number of rotatable bonds is 5. The van der Waals surface area contributed by atoms with E-state index in [0.29, 0.717) is 6.54 Å². The molecule has 1 saturated heterocycles. The molecule has 5 rings (SSSR count). The third-order valence-electron chi connectivity index (χ3n) is 5.79. The minimum absolute atomic E-state index is 0.103. The fourth-order valence-electron chi connectivity index (χ4n) is 4.54. The number of amides is 1. The molecule has 1 fully saturated rings. The average Bonchev–Trinajstić information content (AvgIpc) is 3.47. The summed E-state index contributed by atoms with van der Waals surface area (Å²) in [5.74, 6) is 0.190. The van der Waals surface area contributed by atoms with E-state index in [1.165, 1.54) is 27.3 Å². The highest BCUT2D eigenvalue weighted by atomic mass is 32.1. The molecule has 0 radical (unpaired) electrons. The lowest BCUT2D eigenvalue weighted by molar-refractivity contribution is -0.116. The fourth-order valence-corrected chi connectivity index (χ4v) is 10.1. The van der Waals surface area contributed by atoms with E-state index in [1.807, 2.05) is 28.5 Å².